The van der Waals surface area contributed by atoms with E-state index in [1.54, 1.807) is 42.5 Å². The number of halogens is 1. The van der Waals surface area contributed by atoms with Crippen LogP contribution < -0.4 is 10.5 Å². The standard InChI is InChI=1S/C22H23FN2O5/c23-17-8-4-5-9-18(17)29-11-10-21(27)25-13-16(12-20(24)26)19(14-25)30-22(28)15-6-2-1-3-7-15/h1-9,16,19H,10-14H2,(H2,24,26)/t16-,19+/m0/s1. The van der Waals surface area contributed by atoms with Gasteiger partial charge in [-0.05, 0) is 24.3 Å². The molecule has 0 saturated carbocycles. The van der Waals surface area contributed by atoms with Crippen LogP contribution in [0.25, 0.3) is 0 Å². The first-order chi connectivity index (χ1) is 14.4. The van der Waals surface area contributed by atoms with Crippen LogP contribution in [-0.2, 0) is 14.3 Å². The first-order valence-electron chi connectivity index (χ1n) is 9.63. The second-order valence-corrected chi connectivity index (χ2v) is 7.07. The molecule has 0 unspecified atom stereocenters. The predicted octanol–water partition coefficient (Wildman–Crippen LogP) is 2.15. The van der Waals surface area contributed by atoms with E-state index in [-0.39, 0.29) is 50.1 Å². The number of carbonyl (C=O) groups is 3. The lowest BCUT2D eigenvalue weighted by molar-refractivity contribution is -0.131. The van der Waals surface area contributed by atoms with Crippen molar-refractivity contribution in [3.05, 3.63) is 66.0 Å². The van der Waals surface area contributed by atoms with Gasteiger partial charge in [-0.1, -0.05) is 30.3 Å². The van der Waals surface area contributed by atoms with Crippen molar-refractivity contribution in [3.63, 3.8) is 0 Å². The number of ether oxygens (including phenoxy) is 2. The normalized spacial score (nSPS) is 18.1. The summed E-state index contributed by atoms with van der Waals surface area (Å²) in [6.07, 6.45) is -0.610. The van der Waals surface area contributed by atoms with Gasteiger partial charge in [0.25, 0.3) is 0 Å². The molecule has 0 radical (unpaired) electrons. The first kappa shape index (κ1) is 21.3. The van der Waals surface area contributed by atoms with E-state index < -0.39 is 23.8 Å². The van der Waals surface area contributed by atoms with E-state index in [4.69, 9.17) is 15.2 Å². The van der Waals surface area contributed by atoms with Gasteiger partial charge in [0, 0.05) is 18.9 Å². The van der Waals surface area contributed by atoms with Crippen molar-refractivity contribution in [2.24, 2.45) is 11.7 Å². The Bertz CT molecular complexity index is 905. The zero-order chi connectivity index (χ0) is 21.5. The molecule has 2 aromatic rings. The maximum absolute atomic E-state index is 13.6. The Balaban J connectivity index is 1.57. The summed E-state index contributed by atoms with van der Waals surface area (Å²) in [7, 11) is 0. The van der Waals surface area contributed by atoms with Crippen molar-refractivity contribution in [2.45, 2.75) is 18.9 Å². The van der Waals surface area contributed by atoms with Crippen LogP contribution in [0.4, 0.5) is 4.39 Å². The molecule has 2 N–H and O–H groups in total. The van der Waals surface area contributed by atoms with Gasteiger partial charge in [-0.25, -0.2) is 9.18 Å². The summed E-state index contributed by atoms with van der Waals surface area (Å²) in [6, 6.07) is 14.4. The summed E-state index contributed by atoms with van der Waals surface area (Å²) in [5.41, 5.74) is 5.71. The van der Waals surface area contributed by atoms with E-state index in [9.17, 15) is 18.8 Å². The topological polar surface area (TPSA) is 98.9 Å². The Morgan fingerprint density at radius 3 is 2.43 bits per heavy atom. The lowest BCUT2D eigenvalue weighted by atomic mass is 10.0. The van der Waals surface area contributed by atoms with Crippen LogP contribution >= 0.6 is 0 Å². The van der Waals surface area contributed by atoms with Crippen molar-refractivity contribution < 1.29 is 28.2 Å². The van der Waals surface area contributed by atoms with Crippen molar-refractivity contribution in [1.82, 2.24) is 4.90 Å². The van der Waals surface area contributed by atoms with Crippen LogP contribution in [0.15, 0.2) is 54.6 Å². The van der Waals surface area contributed by atoms with Crippen LogP contribution in [0.5, 0.6) is 5.75 Å². The number of nitrogens with two attached hydrogens (primary N) is 1. The Labute approximate surface area is 173 Å². The molecule has 1 aliphatic heterocycles. The third kappa shape index (κ3) is 5.56. The van der Waals surface area contributed by atoms with E-state index in [0.29, 0.717) is 5.56 Å². The van der Waals surface area contributed by atoms with E-state index in [0.717, 1.165) is 0 Å². The van der Waals surface area contributed by atoms with Gasteiger partial charge in [-0.3, -0.25) is 9.59 Å². The van der Waals surface area contributed by atoms with E-state index >= 15 is 0 Å². The fourth-order valence-electron chi connectivity index (χ4n) is 3.38. The van der Waals surface area contributed by atoms with Crippen molar-refractivity contribution in [3.8, 4) is 5.75 Å². The lowest BCUT2D eigenvalue weighted by Gasteiger charge is -2.17. The molecule has 0 aromatic heterocycles. The SMILES string of the molecule is NC(=O)C[C@H]1CN(C(=O)CCOc2ccccc2F)C[C@H]1OC(=O)c1ccccc1. The molecular weight excluding hydrogens is 391 g/mol. The molecule has 2 aromatic carbocycles. The Morgan fingerprint density at radius 2 is 1.73 bits per heavy atom. The third-order valence-corrected chi connectivity index (χ3v) is 4.88. The van der Waals surface area contributed by atoms with Crippen molar-refractivity contribution in [1.29, 1.82) is 0 Å². The highest BCUT2D eigenvalue weighted by Crippen LogP contribution is 2.25. The molecule has 0 bridgehead atoms. The van der Waals surface area contributed by atoms with Crippen LogP contribution in [-0.4, -0.2) is 48.5 Å². The highest BCUT2D eigenvalue weighted by Gasteiger charge is 2.38. The molecule has 30 heavy (non-hydrogen) atoms. The number of hydrogen-bond acceptors (Lipinski definition) is 5. The predicted molar refractivity (Wildman–Crippen MR) is 106 cm³/mol. The minimum absolute atomic E-state index is 0.00223. The monoisotopic (exact) mass is 414 g/mol. The maximum Gasteiger partial charge on any atom is 0.338 e. The number of likely N-dealkylation sites (tertiary alicyclic amines) is 1. The fraction of sp³-hybridized carbons (Fsp3) is 0.318. The van der Waals surface area contributed by atoms with Gasteiger partial charge in [-0.15, -0.1) is 0 Å². The summed E-state index contributed by atoms with van der Waals surface area (Å²) in [4.78, 5) is 37.9. The molecule has 158 valence electrons. The Morgan fingerprint density at radius 1 is 1.03 bits per heavy atom. The van der Waals surface area contributed by atoms with Gasteiger partial charge in [0.05, 0.1) is 25.1 Å². The largest absolute Gasteiger partial charge is 0.490 e. The lowest BCUT2D eigenvalue weighted by Crippen LogP contribution is -2.31. The molecule has 1 heterocycles. The molecule has 0 spiro atoms. The molecule has 3 rings (SSSR count). The summed E-state index contributed by atoms with van der Waals surface area (Å²) >= 11 is 0. The maximum atomic E-state index is 13.6. The van der Waals surface area contributed by atoms with Gasteiger partial charge in [0.1, 0.15) is 6.10 Å². The first-order valence-corrected chi connectivity index (χ1v) is 9.63. The minimum atomic E-state index is -0.637. The van der Waals surface area contributed by atoms with Crippen LogP contribution in [0.3, 0.4) is 0 Å². The molecule has 2 amide bonds. The highest BCUT2D eigenvalue weighted by molar-refractivity contribution is 5.89. The average Bonchev–Trinajstić information content (AvgIpc) is 3.11. The summed E-state index contributed by atoms with van der Waals surface area (Å²) in [6.45, 7) is 0.411. The average molecular weight is 414 g/mol. The number of benzene rings is 2. The zero-order valence-corrected chi connectivity index (χ0v) is 16.3. The van der Waals surface area contributed by atoms with Crippen LogP contribution in [0.1, 0.15) is 23.2 Å². The molecule has 7 nitrogen and oxygen atoms in total. The van der Waals surface area contributed by atoms with Gasteiger partial charge >= 0.3 is 5.97 Å². The van der Waals surface area contributed by atoms with Crippen LogP contribution in [0, 0.1) is 11.7 Å². The van der Waals surface area contributed by atoms with E-state index in [1.165, 1.54) is 17.0 Å². The number of carbonyl (C=O) groups excluding carboxylic acids is 3. The number of amides is 2. The third-order valence-electron chi connectivity index (χ3n) is 4.88. The van der Waals surface area contributed by atoms with Crippen LogP contribution in [0.2, 0.25) is 0 Å². The number of para-hydroxylation sites is 1. The quantitative estimate of drug-likeness (QED) is 0.668. The minimum Gasteiger partial charge on any atom is -0.490 e. The number of hydrogen-bond donors (Lipinski definition) is 1. The van der Waals surface area contributed by atoms with E-state index in [2.05, 4.69) is 0 Å². The van der Waals surface area contributed by atoms with E-state index in [1.807, 2.05) is 0 Å². The molecule has 0 aliphatic carbocycles. The molecule has 1 saturated heterocycles. The molecule has 2 atom stereocenters. The summed E-state index contributed by atoms with van der Waals surface area (Å²) in [5.74, 6) is -2.09. The molecular formula is C22H23FN2O5. The van der Waals surface area contributed by atoms with Crippen molar-refractivity contribution >= 4 is 17.8 Å². The number of rotatable bonds is 8. The van der Waals surface area contributed by atoms with Gasteiger partial charge in [0.15, 0.2) is 11.6 Å². The molecule has 1 aliphatic rings. The van der Waals surface area contributed by atoms with Gasteiger partial charge in [0.2, 0.25) is 11.8 Å². The molecule has 8 heteroatoms. The Hall–Kier alpha value is -3.42. The van der Waals surface area contributed by atoms with Crippen molar-refractivity contribution in [2.75, 3.05) is 19.7 Å². The fourth-order valence-corrected chi connectivity index (χ4v) is 3.38. The number of nitrogens with zero attached hydrogens (tertiary/aromatic N) is 1. The zero-order valence-electron chi connectivity index (χ0n) is 16.3. The number of primary amides is 1. The Kier molecular flexibility index (Phi) is 7.00. The highest BCUT2D eigenvalue weighted by atomic mass is 19.1. The smallest absolute Gasteiger partial charge is 0.338 e. The second kappa shape index (κ2) is 9.87. The van der Waals surface area contributed by atoms with Gasteiger partial charge < -0.3 is 20.1 Å². The molecule has 1 fully saturated rings. The second-order valence-electron chi connectivity index (χ2n) is 7.07. The van der Waals surface area contributed by atoms with Gasteiger partial charge in [-0.2, -0.15) is 0 Å². The summed E-state index contributed by atoms with van der Waals surface area (Å²) in [5, 5.41) is 0. The number of esters is 1. The summed E-state index contributed by atoms with van der Waals surface area (Å²) < 4.78 is 24.5.